The third-order valence-corrected chi connectivity index (χ3v) is 4.25. The van der Waals surface area contributed by atoms with E-state index in [1.54, 1.807) is 35.9 Å². The van der Waals surface area contributed by atoms with Gasteiger partial charge in [0.15, 0.2) is 11.3 Å². The molecule has 0 saturated carbocycles. The van der Waals surface area contributed by atoms with Crippen LogP contribution in [0.25, 0.3) is 5.69 Å². The molecule has 3 aromatic rings. The molecule has 1 aliphatic heterocycles. The van der Waals surface area contributed by atoms with Crippen LogP contribution >= 0.6 is 0 Å². The molecule has 0 radical (unpaired) electrons. The summed E-state index contributed by atoms with van der Waals surface area (Å²) in [4.78, 5) is 15.5. The lowest BCUT2D eigenvalue weighted by Crippen LogP contribution is -2.20. The van der Waals surface area contributed by atoms with Gasteiger partial charge in [-0.3, -0.25) is 4.79 Å². The topological polar surface area (TPSA) is 129 Å². The number of ether oxygens (including phenoxy) is 1. The molecule has 0 fully saturated rings. The minimum Gasteiger partial charge on any atom is -0.491 e. The summed E-state index contributed by atoms with van der Waals surface area (Å²) in [6.07, 6.45) is 0.585. The molecule has 3 N–H and O–H groups in total. The van der Waals surface area contributed by atoms with E-state index in [2.05, 4.69) is 27.1 Å². The maximum Gasteiger partial charge on any atom is 0.269 e. The molecule has 3 heterocycles. The molecule has 9 heteroatoms. The SMILES string of the molecule is Cc1nc(C(C)(O)C#Cc2ccc3c(c2)-n2nc(C(N)=O)cc2CCO3)no1. The number of carbonyl (C=O) groups excluding carboxylic acids is 1. The summed E-state index contributed by atoms with van der Waals surface area (Å²) in [7, 11) is 0. The molecule has 1 aromatic carbocycles. The number of nitrogens with zero attached hydrogens (tertiary/aromatic N) is 4. The van der Waals surface area contributed by atoms with Crippen molar-refractivity contribution in [2.24, 2.45) is 5.73 Å². The minimum absolute atomic E-state index is 0.0936. The number of rotatable bonds is 2. The summed E-state index contributed by atoms with van der Waals surface area (Å²) in [6, 6.07) is 6.97. The van der Waals surface area contributed by atoms with E-state index in [1.807, 2.05) is 0 Å². The van der Waals surface area contributed by atoms with Crippen molar-refractivity contribution in [3.05, 3.63) is 52.9 Å². The third kappa shape index (κ3) is 3.21. The Bertz CT molecular complexity index is 1130. The number of primary amides is 1. The summed E-state index contributed by atoms with van der Waals surface area (Å²) in [5.41, 5.74) is 6.04. The Morgan fingerprint density at radius 3 is 2.93 bits per heavy atom. The largest absolute Gasteiger partial charge is 0.491 e. The van der Waals surface area contributed by atoms with Crippen LogP contribution in [0.15, 0.2) is 28.8 Å². The molecule has 2 aromatic heterocycles. The molecular weight excluding hydrogens is 362 g/mol. The second-order valence-corrected chi connectivity index (χ2v) is 6.54. The molecule has 9 nitrogen and oxygen atoms in total. The third-order valence-electron chi connectivity index (χ3n) is 4.25. The van der Waals surface area contributed by atoms with Gasteiger partial charge in [-0.1, -0.05) is 17.0 Å². The van der Waals surface area contributed by atoms with E-state index in [9.17, 15) is 9.90 Å². The highest BCUT2D eigenvalue weighted by molar-refractivity contribution is 5.91. The van der Waals surface area contributed by atoms with Crippen molar-refractivity contribution >= 4 is 5.91 Å². The molecule has 28 heavy (non-hydrogen) atoms. The van der Waals surface area contributed by atoms with Gasteiger partial charge in [-0.25, -0.2) is 4.68 Å². The number of nitrogens with two attached hydrogens (primary N) is 1. The maximum atomic E-state index is 11.5. The Labute approximate surface area is 160 Å². The second-order valence-electron chi connectivity index (χ2n) is 6.54. The average molecular weight is 379 g/mol. The standard InChI is InChI=1S/C19H17N5O4/c1-11-21-18(23-28-11)19(2,26)7-5-12-3-4-16-15(9-12)24-13(6-8-27-16)10-14(22-24)17(20)25/h3-4,9-10,26H,6,8H2,1-2H3,(H2,20,25). The molecule has 1 amide bonds. The number of hydrogen-bond acceptors (Lipinski definition) is 7. The Hall–Kier alpha value is -3.64. The van der Waals surface area contributed by atoms with Gasteiger partial charge in [-0.05, 0) is 31.2 Å². The summed E-state index contributed by atoms with van der Waals surface area (Å²) in [5.74, 6) is 6.12. The van der Waals surface area contributed by atoms with Crippen molar-refractivity contribution in [2.45, 2.75) is 25.9 Å². The minimum atomic E-state index is -1.57. The molecule has 0 saturated heterocycles. The first kappa shape index (κ1) is 17.8. The molecule has 0 bridgehead atoms. The van der Waals surface area contributed by atoms with Gasteiger partial charge in [-0.2, -0.15) is 10.1 Å². The Kier molecular flexibility index (Phi) is 4.13. The highest BCUT2D eigenvalue weighted by Gasteiger charge is 2.26. The number of hydrogen-bond donors (Lipinski definition) is 2. The number of aromatic nitrogens is 4. The zero-order valence-electron chi connectivity index (χ0n) is 15.3. The molecule has 0 spiro atoms. The molecule has 142 valence electrons. The predicted molar refractivity (Wildman–Crippen MR) is 96.8 cm³/mol. The van der Waals surface area contributed by atoms with E-state index in [0.717, 1.165) is 5.69 Å². The van der Waals surface area contributed by atoms with Gasteiger partial charge in [0.05, 0.1) is 6.61 Å². The van der Waals surface area contributed by atoms with E-state index >= 15 is 0 Å². The van der Waals surface area contributed by atoms with Gasteiger partial charge in [0.2, 0.25) is 11.7 Å². The fourth-order valence-electron chi connectivity index (χ4n) is 2.82. The second kappa shape index (κ2) is 6.51. The van der Waals surface area contributed by atoms with Crippen LogP contribution in [0, 0.1) is 18.8 Å². The lowest BCUT2D eigenvalue weighted by atomic mass is 10.1. The van der Waals surface area contributed by atoms with Gasteiger partial charge >= 0.3 is 0 Å². The number of carbonyl (C=O) groups is 1. The summed E-state index contributed by atoms with van der Waals surface area (Å²) in [5, 5.41) is 18.5. The van der Waals surface area contributed by atoms with E-state index in [-0.39, 0.29) is 11.5 Å². The summed E-state index contributed by atoms with van der Waals surface area (Å²) in [6.45, 7) is 3.57. The molecule has 4 rings (SSSR count). The van der Waals surface area contributed by atoms with Crippen LogP contribution < -0.4 is 10.5 Å². The quantitative estimate of drug-likeness (QED) is 0.632. The van der Waals surface area contributed by atoms with Crippen LogP contribution in [-0.4, -0.2) is 37.5 Å². The lowest BCUT2D eigenvalue weighted by molar-refractivity contribution is 0.0994. The highest BCUT2D eigenvalue weighted by atomic mass is 16.5. The van der Waals surface area contributed by atoms with Gasteiger partial charge in [0.1, 0.15) is 11.4 Å². The number of fused-ring (bicyclic) bond motifs is 3. The average Bonchev–Trinajstić information content (AvgIpc) is 3.24. The van der Waals surface area contributed by atoms with Crippen molar-refractivity contribution in [1.82, 2.24) is 19.9 Å². The first-order valence-corrected chi connectivity index (χ1v) is 8.56. The Morgan fingerprint density at radius 2 is 2.21 bits per heavy atom. The lowest BCUT2D eigenvalue weighted by Gasteiger charge is -2.11. The predicted octanol–water partition coefficient (Wildman–Crippen LogP) is 0.857. The van der Waals surface area contributed by atoms with E-state index in [1.165, 1.54) is 6.92 Å². The van der Waals surface area contributed by atoms with Crippen LogP contribution in [0.1, 0.15) is 40.4 Å². The van der Waals surface area contributed by atoms with E-state index < -0.39 is 11.5 Å². The normalized spacial score (nSPS) is 14.5. The van der Waals surface area contributed by atoms with Crippen molar-refractivity contribution in [3.63, 3.8) is 0 Å². The van der Waals surface area contributed by atoms with Crippen LogP contribution in [-0.2, 0) is 12.0 Å². The van der Waals surface area contributed by atoms with Crippen LogP contribution in [0.4, 0.5) is 0 Å². The fraction of sp³-hybridized carbons (Fsp3) is 0.263. The monoisotopic (exact) mass is 379 g/mol. The smallest absolute Gasteiger partial charge is 0.269 e. The van der Waals surface area contributed by atoms with Gasteiger partial charge in [-0.15, -0.1) is 0 Å². The molecule has 0 aliphatic carbocycles. The number of aliphatic hydroxyl groups is 1. The van der Waals surface area contributed by atoms with Crippen LogP contribution in [0.2, 0.25) is 0 Å². The first-order valence-electron chi connectivity index (χ1n) is 8.56. The maximum absolute atomic E-state index is 11.5. The molecular formula is C19H17N5O4. The fourth-order valence-corrected chi connectivity index (χ4v) is 2.82. The van der Waals surface area contributed by atoms with Crippen LogP contribution in [0.5, 0.6) is 5.75 Å². The van der Waals surface area contributed by atoms with Crippen molar-refractivity contribution in [1.29, 1.82) is 0 Å². The summed E-state index contributed by atoms with van der Waals surface area (Å²) >= 11 is 0. The number of aryl methyl sites for hydroxylation is 1. The molecule has 1 aliphatic rings. The van der Waals surface area contributed by atoms with Crippen LogP contribution in [0.3, 0.4) is 0 Å². The summed E-state index contributed by atoms with van der Waals surface area (Å²) < 4.78 is 12.3. The Morgan fingerprint density at radius 1 is 1.39 bits per heavy atom. The van der Waals surface area contributed by atoms with Crippen molar-refractivity contribution in [3.8, 4) is 23.3 Å². The zero-order chi connectivity index (χ0) is 19.9. The highest BCUT2D eigenvalue weighted by Crippen LogP contribution is 2.28. The van der Waals surface area contributed by atoms with Gasteiger partial charge < -0.3 is 20.1 Å². The van der Waals surface area contributed by atoms with E-state index in [0.29, 0.717) is 35.9 Å². The van der Waals surface area contributed by atoms with Crippen molar-refractivity contribution in [2.75, 3.05) is 6.61 Å². The molecule has 1 atom stereocenters. The zero-order valence-corrected chi connectivity index (χ0v) is 15.3. The Balaban J connectivity index is 1.73. The van der Waals surface area contributed by atoms with E-state index in [4.69, 9.17) is 15.0 Å². The number of benzene rings is 1. The molecule has 1 unspecified atom stereocenters. The van der Waals surface area contributed by atoms with Gasteiger partial charge in [0, 0.05) is 24.6 Å². The van der Waals surface area contributed by atoms with Gasteiger partial charge in [0.25, 0.3) is 5.91 Å². The van der Waals surface area contributed by atoms with Crippen molar-refractivity contribution < 1.29 is 19.2 Å². The first-order chi connectivity index (χ1) is 13.3. The number of amides is 1.